The molecule has 1 saturated carbocycles. The van der Waals surface area contributed by atoms with Crippen LogP contribution in [0.4, 0.5) is 10.1 Å². The van der Waals surface area contributed by atoms with E-state index in [0.717, 1.165) is 12.8 Å². The van der Waals surface area contributed by atoms with Crippen molar-refractivity contribution in [1.29, 1.82) is 0 Å². The molecule has 1 saturated heterocycles. The number of aromatic nitrogens is 1. The highest BCUT2D eigenvalue weighted by atomic mass is 19.1. The van der Waals surface area contributed by atoms with Crippen molar-refractivity contribution in [2.45, 2.75) is 25.8 Å². The lowest BCUT2D eigenvalue weighted by Crippen LogP contribution is -2.37. The van der Waals surface area contributed by atoms with Gasteiger partial charge in [0.2, 0.25) is 5.43 Å². The van der Waals surface area contributed by atoms with E-state index in [0.29, 0.717) is 37.5 Å². The van der Waals surface area contributed by atoms with Crippen LogP contribution in [0.5, 0.6) is 0 Å². The number of aryl methyl sites for hydroxylation is 1. The van der Waals surface area contributed by atoms with Crippen LogP contribution in [0, 0.1) is 12.7 Å². The van der Waals surface area contributed by atoms with Gasteiger partial charge in [0.15, 0.2) is 0 Å². The minimum absolute atomic E-state index is 0.168. The van der Waals surface area contributed by atoms with E-state index in [1.54, 1.807) is 13.0 Å². The third kappa shape index (κ3) is 2.59. The molecule has 6 nitrogen and oxygen atoms in total. The Morgan fingerprint density at radius 3 is 2.60 bits per heavy atom. The smallest absolute Gasteiger partial charge is 0.341 e. The lowest BCUT2D eigenvalue weighted by atomic mass is 10.0. The van der Waals surface area contributed by atoms with Crippen LogP contribution >= 0.6 is 0 Å². The summed E-state index contributed by atoms with van der Waals surface area (Å²) in [5.41, 5.74) is 0.343. The summed E-state index contributed by atoms with van der Waals surface area (Å²) in [7, 11) is 0. The van der Waals surface area contributed by atoms with Crippen molar-refractivity contribution in [3.05, 3.63) is 39.4 Å². The molecule has 25 heavy (non-hydrogen) atoms. The van der Waals surface area contributed by atoms with Crippen LogP contribution in [0.2, 0.25) is 0 Å². The normalized spacial score (nSPS) is 17.9. The van der Waals surface area contributed by atoms with Crippen LogP contribution in [0.15, 0.2) is 17.1 Å². The van der Waals surface area contributed by atoms with Gasteiger partial charge in [0, 0.05) is 30.9 Å². The maximum Gasteiger partial charge on any atom is 0.341 e. The number of carboxylic acids is 1. The van der Waals surface area contributed by atoms with Gasteiger partial charge in [-0.1, -0.05) is 0 Å². The van der Waals surface area contributed by atoms with E-state index in [4.69, 9.17) is 4.74 Å². The highest BCUT2D eigenvalue weighted by molar-refractivity contribution is 5.95. The third-order valence-corrected chi connectivity index (χ3v) is 5.00. The minimum atomic E-state index is -1.28. The Labute approximate surface area is 143 Å². The van der Waals surface area contributed by atoms with Crippen LogP contribution < -0.4 is 10.3 Å². The van der Waals surface area contributed by atoms with Crippen LogP contribution in [-0.4, -0.2) is 41.9 Å². The number of carbonyl (C=O) groups is 1. The van der Waals surface area contributed by atoms with Gasteiger partial charge in [0.05, 0.1) is 29.8 Å². The fourth-order valence-corrected chi connectivity index (χ4v) is 3.49. The molecule has 132 valence electrons. The first-order valence-corrected chi connectivity index (χ1v) is 8.43. The molecule has 4 rings (SSSR count). The van der Waals surface area contributed by atoms with Gasteiger partial charge >= 0.3 is 5.97 Å². The summed E-state index contributed by atoms with van der Waals surface area (Å²) >= 11 is 0. The number of aromatic carboxylic acids is 1. The van der Waals surface area contributed by atoms with Gasteiger partial charge in [-0.05, 0) is 25.8 Å². The Kier molecular flexibility index (Phi) is 3.76. The topological polar surface area (TPSA) is 71.8 Å². The zero-order chi connectivity index (χ0) is 17.7. The lowest BCUT2D eigenvalue weighted by molar-refractivity contribution is 0.0695. The van der Waals surface area contributed by atoms with E-state index in [1.807, 2.05) is 9.47 Å². The fraction of sp³-hybridized carbons (Fsp3) is 0.444. The van der Waals surface area contributed by atoms with Crippen molar-refractivity contribution in [2.75, 3.05) is 31.2 Å². The molecule has 1 aromatic carbocycles. The largest absolute Gasteiger partial charge is 0.477 e. The van der Waals surface area contributed by atoms with Gasteiger partial charge in [-0.25, -0.2) is 9.18 Å². The standard InChI is InChI=1S/C18H19FN2O4/c1-10-15-13(8-14(16(10)19)20-4-6-25-7-5-20)21(11-2-3-11)9-12(17(15)22)18(23)24/h8-9,11H,2-7H2,1H3,(H,23,24). The number of nitrogens with zero attached hydrogens (tertiary/aromatic N) is 2. The number of hydrogen-bond donors (Lipinski definition) is 1. The molecule has 1 aliphatic heterocycles. The van der Waals surface area contributed by atoms with E-state index >= 15 is 0 Å². The van der Waals surface area contributed by atoms with Gasteiger partial charge in [-0.15, -0.1) is 0 Å². The Morgan fingerprint density at radius 1 is 1.32 bits per heavy atom. The summed E-state index contributed by atoms with van der Waals surface area (Å²) in [6.07, 6.45) is 3.27. The van der Waals surface area contributed by atoms with Crippen LogP contribution in [0.1, 0.15) is 34.8 Å². The minimum Gasteiger partial charge on any atom is -0.477 e. The molecule has 7 heteroatoms. The molecule has 2 aliphatic rings. The van der Waals surface area contributed by atoms with E-state index in [9.17, 15) is 19.1 Å². The van der Waals surface area contributed by atoms with Crippen molar-refractivity contribution in [1.82, 2.24) is 4.57 Å². The Balaban J connectivity index is 2.02. The molecular formula is C18H19FN2O4. The summed E-state index contributed by atoms with van der Waals surface area (Å²) in [5, 5.41) is 9.51. The molecule has 2 heterocycles. The number of anilines is 1. The van der Waals surface area contributed by atoms with Gasteiger partial charge in [-0.3, -0.25) is 4.79 Å². The molecule has 0 spiro atoms. The van der Waals surface area contributed by atoms with Crippen molar-refractivity contribution >= 4 is 22.6 Å². The van der Waals surface area contributed by atoms with Gasteiger partial charge < -0.3 is 19.3 Å². The highest BCUT2D eigenvalue weighted by Crippen LogP contribution is 2.39. The molecule has 1 aliphatic carbocycles. The second kappa shape index (κ2) is 5.84. The average molecular weight is 346 g/mol. The summed E-state index contributed by atoms with van der Waals surface area (Å²) in [4.78, 5) is 26.0. The first-order chi connectivity index (χ1) is 12.0. The molecule has 1 N–H and O–H groups in total. The molecular weight excluding hydrogens is 327 g/mol. The van der Waals surface area contributed by atoms with E-state index in [-0.39, 0.29) is 22.6 Å². The predicted molar refractivity (Wildman–Crippen MR) is 91.2 cm³/mol. The highest BCUT2D eigenvalue weighted by Gasteiger charge is 2.29. The SMILES string of the molecule is Cc1c(F)c(N2CCOCC2)cc2c1c(=O)c(C(=O)O)cn2C1CC1. The van der Waals surface area contributed by atoms with Gasteiger partial charge in [0.1, 0.15) is 11.4 Å². The molecule has 1 aromatic heterocycles. The van der Waals surface area contributed by atoms with Crippen molar-refractivity contribution in [3.8, 4) is 0 Å². The van der Waals surface area contributed by atoms with Crippen LogP contribution in [0.25, 0.3) is 10.9 Å². The number of halogens is 1. The molecule has 2 fully saturated rings. The number of carboxylic acid groups (broad SMARTS) is 1. The monoisotopic (exact) mass is 346 g/mol. The maximum absolute atomic E-state index is 15.0. The van der Waals surface area contributed by atoms with Crippen molar-refractivity contribution in [3.63, 3.8) is 0 Å². The van der Waals surface area contributed by atoms with Gasteiger partial charge in [0.25, 0.3) is 0 Å². The van der Waals surface area contributed by atoms with Crippen molar-refractivity contribution < 1.29 is 19.0 Å². The molecule has 0 atom stereocenters. The quantitative estimate of drug-likeness (QED) is 0.923. The number of benzene rings is 1. The first-order valence-electron chi connectivity index (χ1n) is 8.43. The van der Waals surface area contributed by atoms with Crippen LogP contribution in [0.3, 0.4) is 0 Å². The number of hydrogen-bond acceptors (Lipinski definition) is 4. The lowest BCUT2D eigenvalue weighted by Gasteiger charge is -2.30. The average Bonchev–Trinajstić information content (AvgIpc) is 3.43. The molecule has 0 bridgehead atoms. The summed E-state index contributed by atoms with van der Waals surface area (Å²) in [6.45, 7) is 3.78. The zero-order valence-corrected chi connectivity index (χ0v) is 13.9. The first kappa shape index (κ1) is 16.1. The second-order valence-corrected chi connectivity index (χ2v) is 6.64. The molecule has 0 amide bonds. The van der Waals surface area contributed by atoms with Crippen LogP contribution in [-0.2, 0) is 4.74 Å². The third-order valence-electron chi connectivity index (χ3n) is 5.00. The number of morpholine rings is 1. The number of ether oxygens (including phenoxy) is 1. The summed E-state index contributed by atoms with van der Waals surface area (Å²) in [6, 6.07) is 1.86. The van der Waals surface area contributed by atoms with E-state index < -0.39 is 17.2 Å². The molecule has 0 radical (unpaired) electrons. The number of pyridine rings is 1. The number of fused-ring (bicyclic) bond motifs is 1. The second-order valence-electron chi connectivity index (χ2n) is 6.64. The molecule has 0 unspecified atom stereocenters. The summed E-state index contributed by atoms with van der Waals surface area (Å²) < 4.78 is 22.2. The molecule has 2 aromatic rings. The van der Waals surface area contributed by atoms with Crippen molar-refractivity contribution in [2.24, 2.45) is 0 Å². The fourth-order valence-electron chi connectivity index (χ4n) is 3.49. The zero-order valence-electron chi connectivity index (χ0n) is 13.9. The number of rotatable bonds is 3. The Bertz CT molecular complexity index is 927. The Hall–Kier alpha value is -2.41. The Morgan fingerprint density at radius 2 is 2.00 bits per heavy atom. The van der Waals surface area contributed by atoms with E-state index in [1.165, 1.54) is 6.20 Å². The van der Waals surface area contributed by atoms with E-state index in [2.05, 4.69) is 0 Å². The summed E-state index contributed by atoms with van der Waals surface area (Å²) in [5.74, 6) is -1.74. The maximum atomic E-state index is 15.0. The predicted octanol–water partition coefficient (Wildman–Crippen LogP) is 2.32. The van der Waals surface area contributed by atoms with Gasteiger partial charge in [-0.2, -0.15) is 0 Å².